The van der Waals surface area contributed by atoms with Gasteiger partial charge in [-0.3, -0.25) is 14.4 Å². The zero-order valence-electron chi connectivity index (χ0n) is 41.4. The minimum atomic E-state index is -0.402. The van der Waals surface area contributed by atoms with Crippen LogP contribution in [0.1, 0.15) is 257 Å². The van der Waals surface area contributed by atoms with Crippen LogP contribution in [0.3, 0.4) is 0 Å². The van der Waals surface area contributed by atoms with Crippen LogP contribution < -0.4 is 10.2 Å². The van der Waals surface area contributed by atoms with Gasteiger partial charge in [-0.25, -0.2) is 4.98 Å². The van der Waals surface area contributed by atoms with Crippen LogP contribution in [-0.2, 0) is 14.4 Å². The number of anilines is 1. The number of nitrogens with one attached hydrogen (secondary N) is 1. The van der Waals surface area contributed by atoms with Crippen LogP contribution in [0.25, 0.3) is 5.57 Å². The monoisotopic (exact) mass is 884 g/mol. The van der Waals surface area contributed by atoms with E-state index >= 15 is 0 Å². The Labute approximate surface area is 391 Å². The normalized spacial score (nSPS) is 15.0. The Balaban J connectivity index is 1.47. The fourth-order valence-electron chi connectivity index (χ4n) is 9.25. The predicted octanol–water partition coefficient (Wildman–Crippen LogP) is 16.3. The third kappa shape index (κ3) is 22.6. The minimum Gasteiger partial charge on any atom is -0.506 e. The molecule has 2 aliphatic rings. The van der Waals surface area contributed by atoms with Gasteiger partial charge in [0.05, 0.1) is 11.1 Å². The molecule has 0 saturated carbocycles. The summed E-state index contributed by atoms with van der Waals surface area (Å²) in [5.41, 5.74) is 1.35. The van der Waals surface area contributed by atoms with E-state index in [1.165, 1.54) is 205 Å². The molecule has 7 heteroatoms. The second-order valence-corrected chi connectivity index (χ2v) is 19.1. The van der Waals surface area contributed by atoms with E-state index in [0.29, 0.717) is 17.7 Å². The van der Waals surface area contributed by atoms with Gasteiger partial charge in [0.2, 0.25) is 11.7 Å². The van der Waals surface area contributed by atoms with Gasteiger partial charge in [0.25, 0.3) is 0 Å². The van der Waals surface area contributed by atoms with Crippen molar-refractivity contribution in [3.05, 3.63) is 64.7 Å². The number of hydrogen-bond acceptors (Lipinski definition) is 6. The number of pyridine rings is 1. The molecule has 3 rings (SSSR count). The van der Waals surface area contributed by atoms with Crippen molar-refractivity contribution in [1.29, 1.82) is 0 Å². The van der Waals surface area contributed by atoms with Crippen LogP contribution in [0.2, 0.25) is 0 Å². The fourth-order valence-corrected chi connectivity index (χ4v) is 9.25. The van der Waals surface area contributed by atoms with Crippen molar-refractivity contribution in [3.63, 3.8) is 0 Å². The van der Waals surface area contributed by atoms with Gasteiger partial charge in [0.15, 0.2) is 5.78 Å². The standard InChI is InChI=1S/C57H93N3O4/c1-4-7-10-13-16-19-22-25-28-31-34-37-44-60(45-38-35-32-29-26-23-20-17-14-11-8-5-2)52-43-40-48(47-58-52)54-56(63)55(57(54)64)50-42-41-49(46-51(50)61)59-53(62)39-36-33-30-27-24-21-18-15-12-9-6-3/h40-43,46-47,63H,4-39,44-45H2,1-3H3,(H,59,62)/b55-50-. The van der Waals surface area contributed by atoms with E-state index in [-0.39, 0.29) is 34.2 Å². The van der Waals surface area contributed by atoms with Gasteiger partial charge < -0.3 is 15.3 Å². The van der Waals surface area contributed by atoms with E-state index in [0.717, 1.165) is 51.0 Å². The number of hydrogen-bond donors (Lipinski definition) is 2. The molecule has 0 spiro atoms. The number of rotatable bonds is 41. The lowest BCUT2D eigenvalue weighted by molar-refractivity contribution is -0.120. The number of Topliss-reactive ketones (excluding diaryl/α,β-unsaturated/α-hetero) is 1. The molecule has 64 heavy (non-hydrogen) atoms. The molecule has 0 saturated heterocycles. The molecule has 1 aromatic rings. The highest BCUT2D eigenvalue weighted by Gasteiger charge is 2.38. The maximum atomic E-state index is 13.5. The number of aromatic nitrogens is 1. The molecule has 1 heterocycles. The molecule has 1 amide bonds. The summed E-state index contributed by atoms with van der Waals surface area (Å²) in [6.45, 7) is 8.74. The molecule has 7 nitrogen and oxygen atoms in total. The van der Waals surface area contributed by atoms with Crippen LogP contribution in [0.15, 0.2) is 59.2 Å². The number of nitrogens with zero attached hydrogens (tertiary/aromatic N) is 2. The van der Waals surface area contributed by atoms with E-state index in [4.69, 9.17) is 4.98 Å². The topological polar surface area (TPSA) is 99.6 Å². The number of unbranched alkanes of at least 4 members (excludes halogenated alkanes) is 32. The van der Waals surface area contributed by atoms with Crippen molar-refractivity contribution in [2.75, 3.05) is 18.0 Å². The third-order valence-electron chi connectivity index (χ3n) is 13.4. The Morgan fingerprint density at radius 1 is 0.531 bits per heavy atom. The molecule has 0 unspecified atom stereocenters. The Morgan fingerprint density at radius 2 is 0.938 bits per heavy atom. The zero-order valence-corrected chi connectivity index (χ0v) is 41.4. The van der Waals surface area contributed by atoms with Crippen molar-refractivity contribution in [2.45, 2.75) is 252 Å². The van der Waals surface area contributed by atoms with E-state index in [1.54, 1.807) is 12.3 Å². The van der Waals surface area contributed by atoms with Crippen molar-refractivity contribution in [2.24, 2.45) is 0 Å². The van der Waals surface area contributed by atoms with Gasteiger partial charge in [-0.15, -0.1) is 0 Å². The van der Waals surface area contributed by atoms with Crippen LogP contribution >= 0.6 is 0 Å². The summed E-state index contributed by atoms with van der Waals surface area (Å²) in [4.78, 5) is 46.5. The first-order chi connectivity index (χ1) is 31.4. The van der Waals surface area contributed by atoms with Crippen molar-refractivity contribution in [3.8, 4) is 0 Å². The second kappa shape index (κ2) is 35.7. The maximum absolute atomic E-state index is 13.5. The SMILES string of the molecule is CCCCCCCCCCCCCCN(CCCCCCCCCCCCCC)c1ccc(C2=C(O)/C(=C3\C=CC(NC(=O)CCCCCCCCCCCCC)=CC3=O)C2=O)cn1. The molecule has 0 aliphatic heterocycles. The average Bonchev–Trinajstić information content (AvgIpc) is 3.29. The Hall–Kier alpha value is -3.48. The van der Waals surface area contributed by atoms with Crippen LogP contribution in [0, 0.1) is 0 Å². The summed E-state index contributed by atoms with van der Waals surface area (Å²) >= 11 is 0. The molecular formula is C57H93N3O4. The zero-order chi connectivity index (χ0) is 45.9. The summed E-state index contributed by atoms with van der Waals surface area (Å²) < 4.78 is 0. The van der Waals surface area contributed by atoms with Gasteiger partial charge in [0, 0.05) is 48.6 Å². The maximum Gasteiger partial charge on any atom is 0.224 e. The molecule has 0 radical (unpaired) electrons. The quantitative estimate of drug-likeness (QED) is 0.0502. The molecular weight excluding hydrogens is 791 g/mol. The summed E-state index contributed by atoms with van der Waals surface area (Å²) in [7, 11) is 0. The van der Waals surface area contributed by atoms with E-state index < -0.39 is 5.78 Å². The highest BCUT2D eigenvalue weighted by atomic mass is 16.3. The minimum absolute atomic E-state index is 0.0310. The van der Waals surface area contributed by atoms with Gasteiger partial charge in [-0.05, 0) is 43.5 Å². The molecule has 2 aliphatic carbocycles. The molecule has 0 aromatic carbocycles. The second-order valence-electron chi connectivity index (χ2n) is 19.1. The first-order valence-corrected chi connectivity index (χ1v) is 27.1. The Kier molecular flexibility index (Phi) is 30.6. The number of ketones is 2. The molecule has 360 valence electrons. The number of aliphatic hydroxyl groups excluding tert-OH is 1. The molecule has 0 fully saturated rings. The highest BCUT2D eigenvalue weighted by molar-refractivity contribution is 6.41. The Morgan fingerprint density at radius 3 is 1.31 bits per heavy atom. The number of amides is 1. The number of carbonyl (C=O) groups is 3. The molecule has 1 aromatic heterocycles. The number of aliphatic hydroxyl groups is 1. The lowest BCUT2D eigenvalue weighted by Gasteiger charge is -2.26. The first kappa shape index (κ1) is 54.9. The first-order valence-electron chi connectivity index (χ1n) is 27.1. The number of carbonyl (C=O) groups excluding carboxylic acids is 3. The van der Waals surface area contributed by atoms with E-state index in [1.807, 2.05) is 12.1 Å². The third-order valence-corrected chi connectivity index (χ3v) is 13.4. The van der Waals surface area contributed by atoms with Crippen LogP contribution in [0.4, 0.5) is 5.82 Å². The van der Waals surface area contributed by atoms with Crippen molar-refractivity contribution in [1.82, 2.24) is 10.3 Å². The largest absolute Gasteiger partial charge is 0.506 e. The van der Waals surface area contributed by atoms with Gasteiger partial charge in [-0.1, -0.05) is 226 Å². The molecule has 2 N–H and O–H groups in total. The lowest BCUT2D eigenvalue weighted by atomic mass is 9.79. The van der Waals surface area contributed by atoms with Crippen LogP contribution in [-0.4, -0.2) is 40.7 Å². The summed E-state index contributed by atoms with van der Waals surface area (Å²) in [6, 6.07) is 3.86. The van der Waals surface area contributed by atoms with Crippen molar-refractivity contribution >= 4 is 28.9 Å². The van der Waals surface area contributed by atoms with E-state index in [2.05, 4.69) is 31.0 Å². The molecule has 0 bridgehead atoms. The smallest absolute Gasteiger partial charge is 0.224 e. The van der Waals surface area contributed by atoms with Crippen molar-refractivity contribution < 1.29 is 19.5 Å². The summed E-state index contributed by atoms with van der Waals surface area (Å²) in [5, 5.41) is 14.0. The van der Waals surface area contributed by atoms with Crippen LogP contribution in [0.5, 0.6) is 0 Å². The van der Waals surface area contributed by atoms with Gasteiger partial charge in [-0.2, -0.15) is 0 Å². The molecule has 0 atom stereocenters. The fraction of sp³-hybridized carbons (Fsp3) is 0.719. The Bertz CT molecular complexity index is 1540. The average molecular weight is 884 g/mol. The summed E-state index contributed by atoms with van der Waals surface area (Å²) in [6.07, 6.45) is 51.9. The predicted molar refractivity (Wildman–Crippen MR) is 272 cm³/mol. The van der Waals surface area contributed by atoms with Gasteiger partial charge >= 0.3 is 0 Å². The number of allylic oxidation sites excluding steroid dienone is 6. The lowest BCUT2D eigenvalue weighted by Crippen LogP contribution is -2.28. The summed E-state index contributed by atoms with van der Waals surface area (Å²) in [5.74, 6) is -0.134. The van der Waals surface area contributed by atoms with E-state index in [9.17, 15) is 19.5 Å². The van der Waals surface area contributed by atoms with Gasteiger partial charge in [0.1, 0.15) is 11.6 Å². The highest BCUT2D eigenvalue weighted by Crippen LogP contribution is 2.39.